The molecule has 0 fully saturated rings. The first-order chi connectivity index (χ1) is 9.47. The summed E-state index contributed by atoms with van der Waals surface area (Å²) < 4.78 is 9.75. The minimum atomic E-state index is -1.08. The molecule has 0 aliphatic carbocycles. The zero-order valence-corrected chi connectivity index (χ0v) is 12.6. The second-order valence-electron chi connectivity index (χ2n) is 3.84. The molecule has 108 valence electrons. The second-order valence-corrected chi connectivity index (χ2v) is 4.76. The Balaban J connectivity index is 2.81. The Hall–Kier alpha value is -1.89. The average Bonchev–Trinajstić information content (AvgIpc) is 2.45. The maximum atomic E-state index is 12.0. The van der Waals surface area contributed by atoms with Crippen molar-refractivity contribution in [2.24, 2.45) is 0 Å². The van der Waals surface area contributed by atoms with Crippen molar-refractivity contribution in [1.82, 2.24) is 5.32 Å². The van der Waals surface area contributed by atoms with Gasteiger partial charge in [-0.15, -0.1) is 0 Å². The summed E-state index contributed by atoms with van der Waals surface area (Å²) in [7, 11) is 2.38. The van der Waals surface area contributed by atoms with Crippen molar-refractivity contribution in [3.63, 3.8) is 0 Å². The number of carbonyl (C=O) groups is 3. The molecule has 0 unspecified atom stereocenters. The molecule has 1 N–H and O–H groups in total. The third-order valence-electron chi connectivity index (χ3n) is 2.48. The number of ether oxygens (including phenoxy) is 2. The second kappa shape index (κ2) is 7.64. The quantitative estimate of drug-likeness (QED) is 0.814. The Labute approximate surface area is 124 Å². The van der Waals surface area contributed by atoms with Crippen molar-refractivity contribution in [3.8, 4) is 0 Å². The Morgan fingerprint density at radius 3 is 2.50 bits per heavy atom. The average molecular weight is 344 g/mol. The lowest BCUT2D eigenvalue weighted by atomic mass is 10.1. The molecule has 0 saturated heterocycles. The molecule has 0 aliphatic rings. The van der Waals surface area contributed by atoms with Gasteiger partial charge in [0.1, 0.15) is 6.04 Å². The maximum absolute atomic E-state index is 12.0. The fraction of sp³-hybridized carbons (Fsp3) is 0.308. The maximum Gasteiger partial charge on any atom is 0.328 e. The zero-order chi connectivity index (χ0) is 15.1. The van der Waals surface area contributed by atoms with Gasteiger partial charge in [0.2, 0.25) is 0 Å². The summed E-state index contributed by atoms with van der Waals surface area (Å²) in [5.41, 5.74) is 0.359. The van der Waals surface area contributed by atoms with Crippen molar-refractivity contribution >= 4 is 33.8 Å². The highest BCUT2D eigenvalue weighted by Gasteiger charge is 2.25. The van der Waals surface area contributed by atoms with Crippen molar-refractivity contribution in [3.05, 3.63) is 34.3 Å². The molecule has 1 aromatic rings. The summed E-state index contributed by atoms with van der Waals surface area (Å²) in [6.07, 6.45) is -0.289. The molecule has 1 atom stereocenters. The van der Waals surface area contributed by atoms with Crippen molar-refractivity contribution in [2.75, 3.05) is 14.2 Å². The van der Waals surface area contributed by atoms with E-state index in [1.807, 2.05) is 0 Å². The first kappa shape index (κ1) is 16.2. The fourth-order valence-corrected chi connectivity index (χ4v) is 1.86. The number of amides is 1. The van der Waals surface area contributed by atoms with Crippen LogP contribution in [0.3, 0.4) is 0 Å². The summed E-state index contributed by atoms with van der Waals surface area (Å²) >= 11 is 3.25. The Morgan fingerprint density at radius 1 is 1.25 bits per heavy atom. The number of esters is 2. The van der Waals surface area contributed by atoms with E-state index in [4.69, 9.17) is 0 Å². The van der Waals surface area contributed by atoms with Crippen LogP contribution in [0.25, 0.3) is 0 Å². The zero-order valence-electron chi connectivity index (χ0n) is 11.0. The van der Waals surface area contributed by atoms with Gasteiger partial charge in [-0.05, 0) is 18.2 Å². The van der Waals surface area contributed by atoms with Gasteiger partial charge < -0.3 is 14.8 Å². The summed E-state index contributed by atoms with van der Waals surface area (Å²) in [6, 6.07) is 5.56. The van der Waals surface area contributed by atoms with E-state index < -0.39 is 23.9 Å². The Bertz CT molecular complexity index is 517. The van der Waals surface area contributed by atoms with Gasteiger partial charge >= 0.3 is 11.9 Å². The predicted molar refractivity (Wildman–Crippen MR) is 74.0 cm³/mol. The van der Waals surface area contributed by atoms with E-state index in [2.05, 4.69) is 30.7 Å². The van der Waals surface area contributed by atoms with E-state index in [1.165, 1.54) is 14.2 Å². The Kier molecular flexibility index (Phi) is 6.17. The topological polar surface area (TPSA) is 81.7 Å². The molecule has 6 nitrogen and oxygen atoms in total. The van der Waals surface area contributed by atoms with Gasteiger partial charge in [0.25, 0.3) is 5.91 Å². The van der Waals surface area contributed by atoms with E-state index in [1.54, 1.807) is 24.3 Å². The number of rotatable bonds is 5. The van der Waals surface area contributed by atoms with Gasteiger partial charge in [-0.25, -0.2) is 4.79 Å². The number of carbonyl (C=O) groups excluding carboxylic acids is 3. The molecule has 7 heteroatoms. The van der Waals surface area contributed by atoms with Crippen molar-refractivity contribution in [1.29, 1.82) is 0 Å². The van der Waals surface area contributed by atoms with Crippen LogP contribution in [0.15, 0.2) is 28.7 Å². The van der Waals surface area contributed by atoms with Crippen LogP contribution in [0, 0.1) is 0 Å². The van der Waals surface area contributed by atoms with Crippen LogP contribution >= 0.6 is 15.9 Å². The van der Waals surface area contributed by atoms with Crippen LogP contribution in [0.2, 0.25) is 0 Å². The standard InChI is InChI=1S/C13H14BrNO5/c1-19-11(16)7-10(13(18)20-2)15-12(17)8-4-3-5-9(14)6-8/h3-6,10H,7H2,1-2H3,(H,15,17)/t10-/m1/s1. The molecule has 0 spiro atoms. The number of benzene rings is 1. The molecule has 0 aliphatic heterocycles. The van der Waals surface area contributed by atoms with E-state index in [9.17, 15) is 14.4 Å². The normalized spacial score (nSPS) is 11.3. The molecule has 0 aromatic heterocycles. The minimum absolute atomic E-state index is 0.289. The third kappa shape index (κ3) is 4.65. The highest BCUT2D eigenvalue weighted by molar-refractivity contribution is 9.10. The van der Waals surface area contributed by atoms with Crippen molar-refractivity contribution < 1.29 is 23.9 Å². The largest absolute Gasteiger partial charge is 0.469 e. The molecule has 1 rings (SSSR count). The highest BCUT2D eigenvalue weighted by Crippen LogP contribution is 2.12. The van der Waals surface area contributed by atoms with Gasteiger partial charge in [0.15, 0.2) is 0 Å². The molecule has 20 heavy (non-hydrogen) atoms. The monoisotopic (exact) mass is 343 g/mol. The first-order valence-electron chi connectivity index (χ1n) is 5.69. The molecule has 0 radical (unpaired) electrons. The lowest BCUT2D eigenvalue weighted by Gasteiger charge is -2.15. The summed E-state index contributed by atoms with van der Waals surface area (Å²) in [6.45, 7) is 0. The van der Waals surface area contributed by atoms with Crippen LogP contribution in [-0.2, 0) is 19.1 Å². The molecule has 1 aromatic carbocycles. The van der Waals surface area contributed by atoms with Crippen LogP contribution in [-0.4, -0.2) is 38.1 Å². The Morgan fingerprint density at radius 2 is 1.95 bits per heavy atom. The van der Waals surface area contributed by atoms with Gasteiger partial charge in [0.05, 0.1) is 20.6 Å². The van der Waals surface area contributed by atoms with E-state index >= 15 is 0 Å². The molecule has 0 saturated carbocycles. The van der Waals surface area contributed by atoms with Crippen molar-refractivity contribution in [2.45, 2.75) is 12.5 Å². The lowest BCUT2D eigenvalue weighted by Crippen LogP contribution is -2.43. The number of hydrogen-bond acceptors (Lipinski definition) is 5. The number of hydrogen-bond donors (Lipinski definition) is 1. The SMILES string of the molecule is COC(=O)C[C@@H](NC(=O)c1cccc(Br)c1)C(=O)OC. The predicted octanol–water partition coefficient (Wildman–Crippen LogP) is 1.28. The molecule has 0 heterocycles. The van der Waals surface area contributed by atoms with Gasteiger partial charge in [-0.2, -0.15) is 0 Å². The van der Waals surface area contributed by atoms with Gasteiger partial charge in [-0.1, -0.05) is 22.0 Å². The molecular formula is C13H14BrNO5. The third-order valence-corrected chi connectivity index (χ3v) is 2.97. The van der Waals surface area contributed by atoms with E-state index in [0.29, 0.717) is 5.56 Å². The fourth-order valence-electron chi connectivity index (χ4n) is 1.46. The van der Waals surface area contributed by atoms with Crippen LogP contribution in [0.1, 0.15) is 16.8 Å². The molecular weight excluding hydrogens is 330 g/mol. The van der Waals surface area contributed by atoms with E-state index in [-0.39, 0.29) is 6.42 Å². The molecule has 1 amide bonds. The lowest BCUT2D eigenvalue weighted by molar-refractivity contribution is -0.149. The number of methoxy groups -OCH3 is 2. The van der Waals surface area contributed by atoms with Gasteiger partial charge in [0, 0.05) is 10.0 Å². The minimum Gasteiger partial charge on any atom is -0.469 e. The highest BCUT2D eigenvalue weighted by atomic mass is 79.9. The summed E-state index contributed by atoms with van der Waals surface area (Å²) in [5.74, 6) is -1.81. The first-order valence-corrected chi connectivity index (χ1v) is 6.48. The van der Waals surface area contributed by atoms with E-state index in [0.717, 1.165) is 4.47 Å². The van der Waals surface area contributed by atoms with Crippen LogP contribution in [0.5, 0.6) is 0 Å². The number of nitrogens with one attached hydrogen (secondary N) is 1. The smallest absolute Gasteiger partial charge is 0.328 e. The molecule has 0 bridgehead atoms. The summed E-state index contributed by atoms with van der Waals surface area (Å²) in [4.78, 5) is 34.8. The van der Waals surface area contributed by atoms with Crippen LogP contribution < -0.4 is 5.32 Å². The van der Waals surface area contributed by atoms with Gasteiger partial charge in [-0.3, -0.25) is 9.59 Å². The van der Waals surface area contributed by atoms with Crippen LogP contribution in [0.4, 0.5) is 0 Å². The summed E-state index contributed by atoms with van der Waals surface area (Å²) in [5, 5.41) is 2.44. The number of halogens is 1.